The molecule has 0 saturated heterocycles. The summed E-state index contributed by atoms with van der Waals surface area (Å²) in [5, 5.41) is 0. The summed E-state index contributed by atoms with van der Waals surface area (Å²) in [7, 11) is 0. The standard InChI is InChI=1S/C23H17/c1-3-8-18-16(6-1)12-14-22(18)20-10-5-11-21(20)23-15-13-17-7-2-4-9-19(17)23/h1-4,6-10,12-15,22-23H,5H2. The van der Waals surface area contributed by atoms with Crippen LogP contribution in [0.2, 0.25) is 0 Å². The van der Waals surface area contributed by atoms with Crippen molar-refractivity contribution in [1.29, 1.82) is 0 Å². The lowest BCUT2D eigenvalue weighted by Crippen LogP contribution is -2.05. The van der Waals surface area contributed by atoms with Crippen LogP contribution >= 0.6 is 0 Å². The van der Waals surface area contributed by atoms with Crippen molar-refractivity contribution in [3.8, 4) is 0 Å². The van der Waals surface area contributed by atoms with Gasteiger partial charge in [0.15, 0.2) is 0 Å². The van der Waals surface area contributed by atoms with Crippen LogP contribution in [-0.2, 0) is 0 Å². The van der Waals surface area contributed by atoms with Gasteiger partial charge in [-0.2, -0.15) is 0 Å². The molecule has 2 unspecified atom stereocenters. The van der Waals surface area contributed by atoms with Gasteiger partial charge in [-0.15, -0.1) is 0 Å². The smallest absolute Gasteiger partial charge is 0.0284 e. The molecule has 109 valence electrons. The van der Waals surface area contributed by atoms with Crippen molar-refractivity contribution in [3.63, 3.8) is 0 Å². The summed E-state index contributed by atoms with van der Waals surface area (Å²) >= 11 is 0. The molecule has 2 aromatic carbocycles. The lowest BCUT2D eigenvalue weighted by atomic mass is 9.82. The zero-order chi connectivity index (χ0) is 15.2. The second kappa shape index (κ2) is 4.96. The Hall–Kier alpha value is -2.60. The fourth-order valence-corrected chi connectivity index (χ4v) is 4.09. The normalized spacial score (nSPS) is 23.7. The summed E-state index contributed by atoms with van der Waals surface area (Å²) in [6, 6.07) is 17.4. The lowest BCUT2D eigenvalue weighted by molar-refractivity contribution is 0.943. The maximum absolute atomic E-state index is 3.64. The second-order valence-corrected chi connectivity index (χ2v) is 6.39. The average Bonchev–Trinajstić information content (AvgIpc) is 3.31. The van der Waals surface area contributed by atoms with E-state index in [9.17, 15) is 0 Å². The van der Waals surface area contributed by atoms with Gasteiger partial charge in [0, 0.05) is 11.8 Å². The average molecular weight is 293 g/mol. The van der Waals surface area contributed by atoms with Crippen molar-refractivity contribution in [2.24, 2.45) is 0 Å². The van der Waals surface area contributed by atoms with Gasteiger partial charge in [-0.1, -0.05) is 78.9 Å². The van der Waals surface area contributed by atoms with Crippen molar-refractivity contribution >= 4 is 12.2 Å². The third-order valence-corrected chi connectivity index (χ3v) is 5.17. The molecule has 1 radical (unpaired) electrons. The minimum atomic E-state index is 0.362. The maximum Gasteiger partial charge on any atom is 0.0284 e. The molecule has 0 nitrogen and oxygen atoms in total. The Balaban J connectivity index is 1.54. The molecule has 0 fully saturated rings. The Morgan fingerprint density at radius 1 is 0.739 bits per heavy atom. The number of hydrogen-bond acceptors (Lipinski definition) is 0. The second-order valence-electron chi connectivity index (χ2n) is 6.39. The minimum Gasteiger partial charge on any atom is -0.0756 e. The number of allylic oxidation sites excluding steroid dienone is 6. The Bertz CT molecular complexity index is 830. The molecular weight excluding hydrogens is 276 g/mol. The summed E-state index contributed by atoms with van der Waals surface area (Å²) in [6.07, 6.45) is 16.1. The Labute approximate surface area is 137 Å². The summed E-state index contributed by atoms with van der Waals surface area (Å²) in [6.45, 7) is 0. The summed E-state index contributed by atoms with van der Waals surface area (Å²) in [4.78, 5) is 0. The van der Waals surface area contributed by atoms with Crippen LogP contribution in [0.3, 0.4) is 0 Å². The molecule has 5 rings (SSSR count). The van der Waals surface area contributed by atoms with E-state index in [2.05, 4.69) is 85.0 Å². The first kappa shape index (κ1) is 12.9. The molecule has 0 heteroatoms. The monoisotopic (exact) mass is 293 g/mol. The van der Waals surface area contributed by atoms with Gasteiger partial charge in [0.1, 0.15) is 0 Å². The van der Waals surface area contributed by atoms with Crippen LogP contribution in [0.1, 0.15) is 40.5 Å². The van der Waals surface area contributed by atoms with Gasteiger partial charge in [-0.3, -0.25) is 0 Å². The van der Waals surface area contributed by atoms with Crippen LogP contribution in [0.5, 0.6) is 0 Å². The van der Waals surface area contributed by atoms with Crippen molar-refractivity contribution in [1.82, 2.24) is 0 Å². The molecule has 0 heterocycles. The van der Waals surface area contributed by atoms with Crippen molar-refractivity contribution in [2.45, 2.75) is 18.3 Å². The van der Waals surface area contributed by atoms with Crippen LogP contribution in [0.15, 0.2) is 77.9 Å². The van der Waals surface area contributed by atoms with E-state index in [4.69, 9.17) is 0 Å². The molecule has 0 aliphatic heterocycles. The molecular formula is C23H17. The highest BCUT2D eigenvalue weighted by Gasteiger charge is 2.30. The van der Waals surface area contributed by atoms with E-state index in [1.165, 1.54) is 33.4 Å². The van der Waals surface area contributed by atoms with Gasteiger partial charge < -0.3 is 0 Å². The molecule has 3 aliphatic carbocycles. The SMILES string of the molecule is [C]1=C(C2C=Cc3ccccc32)C(C2C=Cc3ccccc32)=CC1. The van der Waals surface area contributed by atoms with E-state index in [0.717, 1.165) is 6.42 Å². The highest BCUT2D eigenvalue weighted by Crippen LogP contribution is 2.47. The van der Waals surface area contributed by atoms with E-state index in [1.807, 2.05) is 0 Å². The van der Waals surface area contributed by atoms with Gasteiger partial charge in [-0.05, 0) is 45.9 Å². The predicted molar refractivity (Wildman–Crippen MR) is 95.9 cm³/mol. The molecule has 3 aliphatic rings. The summed E-state index contributed by atoms with van der Waals surface area (Å²) in [5.41, 5.74) is 8.36. The van der Waals surface area contributed by atoms with E-state index in [1.54, 1.807) is 0 Å². The van der Waals surface area contributed by atoms with E-state index < -0.39 is 0 Å². The molecule has 0 saturated carbocycles. The van der Waals surface area contributed by atoms with Crippen LogP contribution < -0.4 is 0 Å². The Morgan fingerprint density at radius 3 is 2.09 bits per heavy atom. The Morgan fingerprint density at radius 2 is 1.35 bits per heavy atom. The number of rotatable bonds is 2. The molecule has 0 bridgehead atoms. The fourth-order valence-electron chi connectivity index (χ4n) is 4.09. The number of fused-ring (bicyclic) bond motifs is 2. The highest BCUT2D eigenvalue weighted by molar-refractivity contribution is 5.71. The lowest BCUT2D eigenvalue weighted by Gasteiger charge is -2.21. The fraction of sp³-hybridized carbons (Fsp3) is 0.130. The maximum atomic E-state index is 3.64. The molecule has 2 aromatic rings. The van der Waals surface area contributed by atoms with Crippen molar-refractivity contribution in [3.05, 3.63) is 106 Å². The highest BCUT2D eigenvalue weighted by atomic mass is 14.3. The first-order valence-electron chi connectivity index (χ1n) is 8.27. The van der Waals surface area contributed by atoms with Gasteiger partial charge in [0.05, 0.1) is 0 Å². The van der Waals surface area contributed by atoms with Gasteiger partial charge in [0.25, 0.3) is 0 Å². The molecule has 0 spiro atoms. The van der Waals surface area contributed by atoms with Gasteiger partial charge >= 0.3 is 0 Å². The van der Waals surface area contributed by atoms with Crippen LogP contribution in [0, 0.1) is 6.08 Å². The first-order chi connectivity index (χ1) is 11.4. The largest absolute Gasteiger partial charge is 0.0756 e. The third kappa shape index (κ3) is 1.91. The number of benzene rings is 2. The molecule has 2 atom stereocenters. The van der Waals surface area contributed by atoms with Crippen LogP contribution in [0.4, 0.5) is 0 Å². The molecule has 0 aromatic heterocycles. The quantitative estimate of drug-likeness (QED) is 0.669. The predicted octanol–water partition coefficient (Wildman–Crippen LogP) is 5.67. The van der Waals surface area contributed by atoms with Crippen molar-refractivity contribution < 1.29 is 0 Å². The van der Waals surface area contributed by atoms with Crippen LogP contribution in [0.25, 0.3) is 12.2 Å². The van der Waals surface area contributed by atoms with Gasteiger partial charge in [-0.25, -0.2) is 0 Å². The Kier molecular flexibility index (Phi) is 2.78. The van der Waals surface area contributed by atoms with E-state index in [-0.39, 0.29) is 0 Å². The molecule has 23 heavy (non-hydrogen) atoms. The topological polar surface area (TPSA) is 0 Å². The zero-order valence-corrected chi connectivity index (χ0v) is 12.9. The van der Waals surface area contributed by atoms with Crippen LogP contribution in [-0.4, -0.2) is 0 Å². The molecule has 0 amide bonds. The summed E-state index contributed by atoms with van der Waals surface area (Å²) < 4.78 is 0. The van der Waals surface area contributed by atoms with Crippen molar-refractivity contribution in [2.75, 3.05) is 0 Å². The first-order valence-corrected chi connectivity index (χ1v) is 8.27. The number of hydrogen-bond donors (Lipinski definition) is 0. The van der Waals surface area contributed by atoms with Gasteiger partial charge in [0.2, 0.25) is 0 Å². The third-order valence-electron chi connectivity index (χ3n) is 5.17. The summed E-state index contributed by atoms with van der Waals surface area (Å²) in [5.74, 6) is 0.749. The van der Waals surface area contributed by atoms with E-state index >= 15 is 0 Å². The van der Waals surface area contributed by atoms with E-state index in [0.29, 0.717) is 11.8 Å². The molecule has 0 N–H and O–H groups in total. The minimum absolute atomic E-state index is 0.362. The zero-order valence-electron chi connectivity index (χ0n) is 12.9.